The molecule has 0 radical (unpaired) electrons. The molecule has 0 amide bonds. The van der Waals surface area contributed by atoms with E-state index in [2.05, 4.69) is 15.1 Å². The van der Waals surface area contributed by atoms with E-state index in [0.29, 0.717) is 5.69 Å². The lowest BCUT2D eigenvalue weighted by molar-refractivity contribution is -0.393. The smallest absolute Gasteiger partial charge is 0.303 e. The van der Waals surface area contributed by atoms with Crippen molar-refractivity contribution in [1.29, 1.82) is 0 Å². The fourth-order valence-corrected chi connectivity index (χ4v) is 4.14. The highest BCUT2D eigenvalue weighted by Gasteiger charge is 2.21. The molecule has 0 aromatic heterocycles. The molecule has 144 valence electrons. The van der Waals surface area contributed by atoms with Gasteiger partial charge in [-0.3, -0.25) is 20.2 Å². The molecule has 1 aliphatic heterocycles. The first kappa shape index (κ1) is 18.6. The molecule has 3 aromatic carbocycles. The van der Waals surface area contributed by atoms with Gasteiger partial charge in [-0.05, 0) is 36.4 Å². The van der Waals surface area contributed by atoms with Gasteiger partial charge in [-0.15, -0.1) is 5.11 Å². The van der Waals surface area contributed by atoms with Gasteiger partial charge >= 0.3 is 5.69 Å². The number of rotatable bonds is 4. The average Bonchev–Trinajstić information content (AvgIpc) is 2.72. The van der Waals surface area contributed by atoms with Gasteiger partial charge in [-0.1, -0.05) is 23.9 Å². The summed E-state index contributed by atoms with van der Waals surface area (Å²) in [6.07, 6.45) is 0. The maximum absolute atomic E-state index is 11.2. The van der Waals surface area contributed by atoms with Crippen LogP contribution in [0.5, 0.6) is 0 Å². The number of nitro benzene ring substituents is 2. The molecule has 29 heavy (non-hydrogen) atoms. The molecule has 1 aliphatic rings. The van der Waals surface area contributed by atoms with Crippen molar-refractivity contribution in [3.05, 3.63) is 80.9 Å². The number of nitro groups is 2. The van der Waals surface area contributed by atoms with Gasteiger partial charge in [0.1, 0.15) is 0 Å². The zero-order chi connectivity index (χ0) is 20.5. The third-order valence-corrected chi connectivity index (χ3v) is 5.50. The number of para-hydroxylation sites is 1. The van der Waals surface area contributed by atoms with Gasteiger partial charge in [-0.25, -0.2) is 0 Å². The van der Waals surface area contributed by atoms with Crippen molar-refractivity contribution >= 4 is 45.9 Å². The quantitative estimate of drug-likeness (QED) is 0.291. The second kappa shape index (κ2) is 7.32. The molecular formula is C19H13N5O4S. The molecule has 0 unspecified atom stereocenters. The van der Waals surface area contributed by atoms with Crippen LogP contribution in [0.25, 0.3) is 0 Å². The molecule has 1 heterocycles. The third kappa shape index (κ3) is 3.52. The summed E-state index contributed by atoms with van der Waals surface area (Å²) in [4.78, 5) is 24.8. The van der Waals surface area contributed by atoms with Crippen molar-refractivity contribution in [3.63, 3.8) is 0 Å². The van der Waals surface area contributed by atoms with Crippen LogP contribution < -0.4 is 4.90 Å². The lowest BCUT2D eigenvalue weighted by atomic mass is 10.2. The summed E-state index contributed by atoms with van der Waals surface area (Å²) < 4.78 is 0. The Labute approximate surface area is 169 Å². The first-order chi connectivity index (χ1) is 13.9. The summed E-state index contributed by atoms with van der Waals surface area (Å²) in [6.45, 7) is 0. The highest BCUT2D eigenvalue weighted by Crippen LogP contribution is 2.48. The van der Waals surface area contributed by atoms with Crippen molar-refractivity contribution in [2.24, 2.45) is 10.2 Å². The molecule has 0 saturated heterocycles. The van der Waals surface area contributed by atoms with Crippen molar-refractivity contribution in [2.75, 3.05) is 11.9 Å². The number of fused-ring (bicyclic) bond motifs is 2. The van der Waals surface area contributed by atoms with E-state index >= 15 is 0 Å². The van der Waals surface area contributed by atoms with E-state index in [1.165, 1.54) is 6.07 Å². The second-order valence-electron chi connectivity index (χ2n) is 6.17. The highest BCUT2D eigenvalue weighted by atomic mass is 32.2. The molecule has 4 rings (SSSR count). The Morgan fingerprint density at radius 3 is 2.38 bits per heavy atom. The maximum atomic E-state index is 11.2. The van der Waals surface area contributed by atoms with Gasteiger partial charge in [0.2, 0.25) is 0 Å². The van der Waals surface area contributed by atoms with Crippen LogP contribution in [0.2, 0.25) is 0 Å². The standard InChI is InChI=1S/C19H13N5O4S/c1-22-15-4-2-3-5-18(15)29-19-10-12(6-9-16(19)22)20-21-14-8-7-13(23(25)26)11-17(14)24(27)28/h2-11H,1H3. The summed E-state index contributed by atoms with van der Waals surface area (Å²) in [5.74, 6) is 0. The first-order valence-electron chi connectivity index (χ1n) is 8.43. The first-order valence-corrected chi connectivity index (χ1v) is 9.25. The zero-order valence-electron chi connectivity index (χ0n) is 15.1. The molecule has 9 nitrogen and oxygen atoms in total. The van der Waals surface area contributed by atoms with Crippen LogP contribution >= 0.6 is 11.8 Å². The van der Waals surface area contributed by atoms with Crippen LogP contribution in [0, 0.1) is 20.2 Å². The van der Waals surface area contributed by atoms with Gasteiger partial charge in [-0.2, -0.15) is 5.11 Å². The zero-order valence-corrected chi connectivity index (χ0v) is 15.9. The molecule has 0 aliphatic carbocycles. The average molecular weight is 407 g/mol. The Hall–Kier alpha value is -3.79. The predicted octanol–water partition coefficient (Wildman–Crippen LogP) is 6.15. The van der Waals surface area contributed by atoms with E-state index in [1.807, 2.05) is 43.4 Å². The van der Waals surface area contributed by atoms with Crippen LogP contribution in [0.15, 0.2) is 80.7 Å². The van der Waals surface area contributed by atoms with Crippen LogP contribution in [-0.2, 0) is 0 Å². The molecule has 0 saturated carbocycles. The van der Waals surface area contributed by atoms with E-state index in [-0.39, 0.29) is 11.4 Å². The number of benzene rings is 3. The third-order valence-electron chi connectivity index (χ3n) is 4.39. The van der Waals surface area contributed by atoms with Crippen LogP contribution in [0.4, 0.5) is 34.1 Å². The van der Waals surface area contributed by atoms with Gasteiger partial charge in [0.15, 0.2) is 5.69 Å². The topological polar surface area (TPSA) is 114 Å². The van der Waals surface area contributed by atoms with E-state index in [0.717, 1.165) is 33.3 Å². The predicted molar refractivity (Wildman–Crippen MR) is 109 cm³/mol. The van der Waals surface area contributed by atoms with E-state index in [1.54, 1.807) is 17.8 Å². The molecule has 3 aromatic rings. The number of non-ortho nitro benzene ring substituents is 1. The largest absolute Gasteiger partial charge is 0.343 e. The van der Waals surface area contributed by atoms with Crippen molar-refractivity contribution in [2.45, 2.75) is 9.79 Å². The number of hydrogen-bond acceptors (Lipinski definition) is 8. The normalized spacial score (nSPS) is 12.5. The Kier molecular flexibility index (Phi) is 4.69. The molecule has 0 N–H and O–H groups in total. The SMILES string of the molecule is CN1c2ccccc2Sc2cc(N=Nc3ccc([N+](=O)[O-])cc3[N+](=O)[O-])ccc21. The van der Waals surface area contributed by atoms with Gasteiger partial charge in [0.25, 0.3) is 5.69 Å². The van der Waals surface area contributed by atoms with E-state index < -0.39 is 15.5 Å². The summed E-state index contributed by atoms with van der Waals surface area (Å²) in [7, 11) is 1.98. The minimum absolute atomic E-state index is 0.0477. The lowest BCUT2D eigenvalue weighted by Crippen LogP contribution is -2.14. The maximum Gasteiger partial charge on any atom is 0.303 e. The molecule has 0 fully saturated rings. The fraction of sp³-hybridized carbons (Fsp3) is 0.0526. The summed E-state index contributed by atoms with van der Waals surface area (Å²) >= 11 is 1.61. The molecule has 10 heteroatoms. The van der Waals surface area contributed by atoms with Crippen molar-refractivity contribution in [1.82, 2.24) is 0 Å². The van der Waals surface area contributed by atoms with Gasteiger partial charge in [0.05, 0.1) is 33.0 Å². The van der Waals surface area contributed by atoms with Gasteiger partial charge < -0.3 is 4.90 Å². The lowest BCUT2D eigenvalue weighted by Gasteiger charge is -2.29. The minimum atomic E-state index is -0.712. The van der Waals surface area contributed by atoms with Crippen LogP contribution in [0.3, 0.4) is 0 Å². The summed E-state index contributed by atoms with van der Waals surface area (Å²) in [5, 5.41) is 30.1. The second-order valence-corrected chi connectivity index (χ2v) is 7.25. The number of anilines is 2. The molecule has 0 atom stereocenters. The molecular weight excluding hydrogens is 394 g/mol. The van der Waals surface area contributed by atoms with Crippen LogP contribution in [-0.4, -0.2) is 16.9 Å². The number of azo groups is 1. The van der Waals surface area contributed by atoms with Crippen molar-refractivity contribution < 1.29 is 9.85 Å². The van der Waals surface area contributed by atoms with Crippen LogP contribution in [0.1, 0.15) is 0 Å². The van der Waals surface area contributed by atoms with E-state index in [9.17, 15) is 20.2 Å². The Morgan fingerprint density at radius 1 is 0.862 bits per heavy atom. The van der Waals surface area contributed by atoms with Gasteiger partial charge in [0, 0.05) is 22.9 Å². The minimum Gasteiger partial charge on any atom is -0.343 e. The Morgan fingerprint density at radius 2 is 1.62 bits per heavy atom. The monoisotopic (exact) mass is 407 g/mol. The highest BCUT2D eigenvalue weighted by molar-refractivity contribution is 7.99. The summed E-state index contributed by atoms with van der Waals surface area (Å²) in [6, 6.07) is 16.8. The molecule has 0 spiro atoms. The molecule has 0 bridgehead atoms. The fourth-order valence-electron chi connectivity index (χ4n) is 2.96. The van der Waals surface area contributed by atoms with Crippen molar-refractivity contribution in [3.8, 4) is 0 Å². The number of hydrogen-bond donors (Lipinski definition) is 0. The summed E-state index contributed by atoms with van der Waals surface area (Å²) in [5.41, 5.74) is 1.77. The Bertz CT molecular complexity index is 1180. The number of nitrogens with zero attached hydrogens (tertiary/aromatic N) is 5. The van der Waals surface area contributed by atoms with E-state index in [4.69, 9.17) is 0 Å². The Balaban J connectivity index is 1.66.